The van der Waals surface area contributed by atoms with Crippen LogP contribution in [0, 0.1) is 5.82 Å². The summed E-state index contributed by atoms with van der Waals surface area (Å²) in [6.07, 6.45) is 0. The molecule has 1 aromatic heterocycles. The standard InChI is InChI=1S/C11H4Cl4FN/c12-5-1-2-6(9(16)3-5)10-7(13)4-8(14)11(15)17-10/h1-4H. The van der Waals surface area contributed by atoms with E-state index in [1.165, 1.54) is 18.2 Å². The molecule has 2 rings (SSSR count). The van der Waals surface area contributed by atoms with E-state index in [0.717, 1.165) is 0 Å². The SMILES string of the molecule is Fc1cc(Cl)ccc1-c1nc(Cl)c(Cl)cc1Cl. The minimum absolute atomic E-state index is 0.0698. The van der Waals surface area contributed by atoms with Gasteiger partial charge < -0.3 is 0 Å². The number of benzene rings is 1. The zero-order chi connectivity index (χ0) is 12.6. The Kier molecular flexibility index (Phi) is 3.79. The van der Waals surface area contributed by atoms with Gasteiger partial charge in [0.05, 0.1) is 15.7 Å². The van der Waals surface area contributed by atoms with Gasteiger partial charge in [0.2, 0.25) is 0 Å². The van der Waals surface area contributed by atoms with Crippen molar-refractivity contribution in [1.82, 2.24) is 4.98 Å². The van der Waals surface area contributed by atoms with Crippen molar-refractivity contribution in [3.05, 3.63) is 50.3 Å². The first-order valence-corrected chi connectivity index (χ1v) is 5.97. The first-order valence-electron chi connectivity index (χ1n) is 4.46. The molecule has 0 aliphatic heterocycles. The van der Waals surface area contributed by atoms with E-state index in [1.807, 2.05) is 0 Å². The Morgan fingerprint density at radius 2 is 1.65 bits per heavy atom. The molecule has 1 nitrogen and oxygen atoms in total. The van der Waals surface area contributed by atoms with Gasteiger partial charge in [0.25, 0.3) is 0 Å². The number of nitrogens with zero attached hydrogens (tertiary/aromatic N) is 1. The molecule has 0 aliphatic rings. The third kappa shape index (κ3) is 2.66. The Hall–Kier alpha value is -0.540. The lowest BCUT2D eigenvalue weighted by Gasteiger charge is -2.07. The van der Waals surface area contributed by atoms with E-state index in [-0.39, 0.29) is 26.5 Å². The summed E-state index contributed by atoms with van der Waals surface area (Å²) in [4.78, 5) is 3.95. The second-order valence-corrected chi connectivity index (χ2v) is 4.82. The van der Waals surface area contributed by atoms with Crippen molar-refractivity contribution in [3.63, 3.8) is 0 Å². The molecular formula is C11H4Cl4FN. The highest BCUT2D eigenvalue weighted by Gasteiger charge is 2.13. The van der Waals surface area contributed by atoms with E-state index in [2.05, 4.69) is 4.98 Å². The van der Waals surface area contributed by atoms with E-state index in [4.69, 9.17) is 46.4 Å². The molecule has 0 N–H and O–H groups in total. The van der Waals surface area contributed by atoms with Crippen molar-refractivity contribution in [2.75, 3.05) is 0 Å². The van der Waals surface area contributed by atoms with Gasteiger partial charge in [-0.05, 0) is 24.3 Å². The molecule has 0 aliphatic carbocycles. The van der Waals surface area contributed by atoms with Gasteiger partial charge in [0.15, 0.2) is 0 Å². The fraction of sp³-hybridized carbons (Fsp3) is 0. The van der Waals surface area contributed by atoms with Crippen LogP contribution in [0.1, 0.15) is 0 Å². The zero-order valence-electron chi connectivity index (χ0n) is 8.15. The maximum absolute atomic E-state index is 13.7. The van der Waals surface area contributed by atoms with Crippen molar-refractivity contribution in [2.45, 2.75) is 0 Å². The smallest absolute Gasteiger partial charge is 0.148 e. The Bertz CT molecular complexity index is 586. The van der Waals surface area contributed by atoms with Crippen LogP contribution in [0.15, 0.2) is 24.3 Å². The Balaban J connectivity index is 2.64. The quantitative estimate of drug-likeness (QED) is 0.634. The summed E-state index contributed by atoms with van der Waals surface area (Å²) >= 11 is 23.1. The number of rotatable bonds is 1. The van der Waals surface area contributed by atoms with E-state index in [0.29, 0.717) is 5.02 Å². The van der Waals surface area contributed by atoms with E-state index < -0.39 is 5.82 Å². The molecule has 1 heterocycles. The minimum atomic E-state index is -0.523. The summed E-state index contributed by atoms with van der Waals surface area (Å²) in [6.45, 7) is 0. The van der Waals surface area contributed by atoms with Crippen LogP contribution in [-0.2, 0) is 0 Å². The first-order chi connectivity index (χ1) is 7.99. The predicted octanol–water partition coefficient (Wildman–Crippen LogP) is 5.50. The lowest BCUT2D eigenvalue weighted by Crippen LogP contribution is -1.90. The molecule has 0 fully saturated rings. The van der Waals surface area contributed by atoms with E-state index >= 15 is 0 Å². The largest absolute Gasteiger partial charge is 0.233 e. The average molecular weight is 311 g/mol. The molecule has 17 heavy (non-hydrogen) atoms. The van der Waals surface area contributed by atoms with Gasteiger partial charge in [0.1, 0.15) is 11.0 Å². The second-order valence-electron chi connectivity index (χ2n) is 3.22. The Morgan fingerprint density at radius 3 is 2.29 bits per heavy atom. The average Bonchev–Trinajstić information content (AvgIpc) is 2.24. The van der Waals surface area contributed by atoms with Crippen LogP contribution in [0.25, 0.3) is 11.3 Å². The van der Waals surface area contributed by atoms with Crippen LogP contribution in [0.5, 0.6) is 0 Å². The predicted molar refractivity (Wildman–Crippen MR) is 69.7 cm³/mol. The van der Waals surface area contributed by atoms with Crippen LogP contribution < -0.4 is 0 Å². The molecule has 0 saturated carbocycles. The first kappa shape index (κ1) is 12.9. The topological polar surface area (TPSA) is 12.9 Å². The molecular weight excluding hydrogens is 307 g/mol. The van der Waals surface area contributed by atoms with E-state index in [1.54, 1.807) is 6.07 Å². The second kappa shape index (κ2) is 4.99. The molecule has 1 aromatic carbocycles. The summed E-state index contributed by atoms with van der Waals surface area (Å²) < 4.78 is 13.7. The molecule has 0 atom stereocenters. The lowest BCUT2D eigenvalue weighted by molar-refractivity contribution is 0.631. The summed E-state index contributed by atoms with van der Waals surface area (Å²) in [6, 6.07) is 5.62. The van der Waals surface area contributed by atoms with Gasteiger partial charge >= 0.3 is 0 Å². The fourth-order valence-corrected chi connectivity index (χ4v) is 2.07. The highest BCUT2D eigenvalue weighted by atomic mass is 35.5. The molecule has 0 saturated heterocycles. The normalized spacial score (nSPS) is 10.6. The molecule has 0 spiro atoms. The maximum atomic E-state index is 13.7. The molecule has 0 unspecified atom stereocenters. The highest BCUT2D eigenvalue weighted by molar-refractivity contribution is 6.43. The number of pyridine rings is 1. The summed E-state index contributed by atoms with van der Waals surface area (Å²) in [5.41, 5.74) is 0.452. The van der Waals surface area contributed by atoms with Crippen molar-refractivity contribution in [3.8, 4) is 11.3 Å². The van der Waals surface area contributed by atoms with Crippen LogP contribution in [-0.4, -0.2) is 4.98 Å². The van der Waals surface area contributed by atoms with Gasteiger partial charge in [-0.25, -0.2) is 9.37 Å². The van der Waals surface area contributed by atoms with Gasteiger partial charge in [-0.2, -0.15) is 0 Å². The van der Waals surface area contributed by atoms with Gasteiger partial charge in [0, 0.05) is 10.6 Å². The maximum Gasteiger partial charge on any atom is 0.148 e. The van der Waals surface area contributed by atoms with Crippen LogP contribution in [0.3, 0.4) is 0 Å². The number of hydrogen-bond donors (Lipinski definition) is 0. The fourth-order valence-electron chi connectivity index (χ4n) is 1.31. The lowest BCUT2D eigenvalue weighted by atomic mass is 10.1. The third-order valence-corrected chi connectivity index (χ3v) is 3.27. The molecule has 0 amide bonds. The van der Waals surface area contributed by atoms with Crippen LogP contribution >= 0.6 is 46.4 Å². The molecule has 0 bridgehead atoms. The van der Waals surface area contributed by atoms with Crippen molar-refractivity contribution in [1.29, 1.82) is 0 Å². The monoisotopic (exact) mass is 309 g/mol. The van der Waals surface area contributed by atoms with Crippen LogP contribution in [0.4, 0.5) is 4.39 Å². The van der Waals surface area contributed by atoms with Crippen molar-refractivity contribution in [2.24, 2.45) is 0 Å². The number of halogens is 5. The van der Waals surface area contributed by atoms with Crippen molar-refractivity contribution < 1.29 is 4.39 Å². The molecule has 6 heteroatoms. The zero-order valence-corrected chi connectivity index (χ0v) is 11.2. The molecule has 0 radical (unpaired) electrons. The number of hydrogen-bond acceptors (Lipinski definition) is 1. The van der Waals surface area contributed by atoms with Crippen LogP contribution in [0.2, 0.25) is 20.2 Å². The Labute approximate surface area is 117 Å². The van der Waals surface area contributed by atoms with E-state index in [9.17, 15) is 4.39 Å². The number of aromatic nitrogens is 1. The van der Waals surface area contributed by atoms with Gasteiger partial charge in [-0.3, -0.25) is 0 Å². The summed E-state index contributed by atoms with van der Waals surface area (Å²) in [5.74, 6) is -0.523. The van der Waals surface area contributed by atoms with Gasteiger partial charge in [-0.15, -0.1) is 0 Å². The molecule has 88 valence electrons. The third-order valence-electron chi connectivity index (χ3n) is 2.07. The van der Waals surface area contributed by atoms with Gasteiger partial charge in [-0.1, -0.05) is 46.4 Å². The Morgan fingerprint density at radius 1 is 0.941 bits per heavy atom. The highest BCUT2D eigenvalue weighted by Crippen LogP contribution is 2.34. The summed E-state index contributed by atoms with van der Waals surface area (Å²) in [5, 5.41) is 0.804. The summed E-state index contributed by atoms with van der Waals surface area (Å²) in [7, 11) is 0. The van der Waals surface area contributed by atoms with Crippen molar-refractivity contribution >= 4 is 46.4 Å². The molecule has 2 aromatic rings. The minimum Gasteiger partial charge on any atom is -0.233 e.